The molecule has 0 spiro atoms. The molecule has 2 amide bonds. The number of fused-ring (bicyclic) bond motifs is 3. The zero-order chi connectivity index (χ0) is 19.5. The molecule has 1 aliphatic heterocycles. The first-order chi connectivity index (χ1) is 13.5. The van der Waals surface area contributed by atoms with Crippen molar-refractivity contribution >= 4 is 27.2 Å². The summed E-state index contributed by atoms with van der Waals surface area (Å²) in [5.74, 6) is -2.51. The van der Waals surface area contributed by atoms with Crippen LogP contribution in [0.15, 0.2) is 33.5 Å². The maximum atomic E-state index is 14.0. The maximum absolute atomic E-state index is 14.0. The van der Waals surface area contributed by atoms with Gasteiger partial charge in [-0.2, -0.15) is 4.36 Å². The van der Waals surface area contributed by atoms with Gasteiger partial charge in [-0.05, 0) is 72.9 Å². The molecule has 0 aromatic heterocycles. The molecule has 144 valence electrons. The minimum absolute atomic E-state index is 0.0242. The highest BCUT2D eigenvalue weighted by Crippen LogP contribution is 2.39. The Kier molecular flexibility index (Phi) is 3.91. The third kappa shape index (κ3) is 2.60. The van der Waals surface area contributed by atoms with Gasteiger partial charge in [-0.15, -0.1) is 0 Å². The Balaban J connectivity index is 1.48. The number of hydrogen-bond acceptors (Lipinski definition) is 3. The number of halogens is 1. The zero-order valence-corrected chi connectivity index (χ0v) is 16.0. The van der Waals surface area contributed by atoms with Crippen LogP contribution in [0.3, 0.4) is 0 Å². The number of carbonyl (C=O) groups excluding carboxylic acids is 2. The first kappa shape index (κ1) is 17.6. The highest BCUT2D eigenvalue weighted by atomic mass is 32.2. The molecule has 5 nitrogen and oxygen atoms in total. The van der Waals surface area contributed by atoms with Gasteiger partial charge in [0.15, 0.2) is 0 Å². The Morgan fingerprint density at radius 1 is 1.11 bits per heavy atom. The molecule has 1 N–H and O–H groups in total. The molecule has 2 aromatic rings. The summed E-state index contributed by atoms with van der Waals surface area (Å²) in [5, 5.41) is 2.97. The number of hydrogen-bond donors (Lipinski definition) is 1. The summed E-state index contributed by atoms with van der Waals surface area (Å²) in [5.41, 5.74) is 5.51. The van der Waals surface area contributed by atoms with E-state index in [0.717, 1.165) is 50.3 Å². The molecular formula is C21H19FN2O3S. The van der Waals surface area contributed by atoms with Crippen molar-refractivity contribution < 1.29 is 18.2 Å². The number of rotatable bonds is 3. The Bertz CT molecular complexity index is 1150. The van der Waals surface area contributed by atoms with E-state index in [0.29, 0.717) is 0 Å². The van der Waals surface area contributed by atoms with E-state index < -0.39 is 33.1 Å². The Labute approximate surface area is 162 Å². The molecule has 1 unspecified atom stereocenters. The second kappa shape index (κ2) is 6.24. The molecule has 3 aliphatic rings. The van der Waals surface area contributed by atoms with Crippen LogP contribution in [-0.2, 0) is 40.2 Å². The van der Waals surface area contributed by atoms with Crippen LogP contribution in [0.5, 0.6) is 0 Å². The lowest BCUT2D eigenvalue weighted by Crippen LogP contribution is -2.23. The molecule has 0 radical (unpaired) electrons. The lowest BCUT2D eigenvalue weighted by Gasteiger charge is -2.16. The fourth-order valence-electron chi connectivity index (χ4n) is 4.64. The third-order valence-electron chi connectivity index (χ3n) is 5.83. The summed E-state index contributed by atoms with van der Waals surface area (Å²) in [7, 11) is -3.31. The van der Waals surface area contributed by atoms with Gasteiger partial charge >= 0.3 is 0 Å². The largest absolute Gasteiger partial charge is 0.325 e. The van der Waals surface area contributed by atoms with Crippen LogP contribution in [-0.4, -0.2) is 21.8 Å². The molecule has 0 fully saturated rings. The lowest BCUT2D eigenvalue weighted by molar-refractivity contribution is -0.113. The van der Waals surface area contributed by atoms with E-state index in [4.69, 9.17) is 0 Å². The van der Waals surface area contributed by atoms with E-state index in [1.54, 1.807) is 0 Å². The van der Waals surface area contributed by atoms with Gasteiger partial charge < -0.3 is 5.32 Å². The molecule has 0 saturated heterocycles. The van der Waals surface area contributed by atoms with Crippen LogP contribution in [0.25, 0.3) is 0 Å². The number of nitrogens with one attached hydrogen (secondary N) is 1. The molecular weight excluding hydrogens is 379 g/mol. The van der Waals surface area contributed by atoms with Crippen molar-refractivity contribution in [3.8, 4) is 0 Å². The Hall–Kier alpha value is -2.54. The second-order valence-corrected chi connectivity index (χ2v) is 9.77. The molecule has 0 bridgehead atoms. The summed E-state index contributed by atoms with van der Waals surface area (Å²) in [6.45, 7) is 0. The standard InChI is InChI=1S/C21H19FN2O3S/c22-16-8-3-9-17-19(16)21(26)24-28(17,27)11-18(25)23-20-14-6-1-4-12(14)10-13-5-2-7-15(13)20/h3,8-10H,1-2,4-7,11H2,(H,23,25). The van der Waals surface area contributed by atoms with Crippen LogP contribution >= 0.6 is 0 Å². The van der Waals surface area contributed by atoms with Crippen LogP contribution < -0.4 is 5.32 Å². The fourth-order valence-corrected chi connectivity index (χ4v) is 6.54. The highest BCUT2D eigenvalue weighted by molar-refractivity contribution is 7.95. The lowest BCUT2D eigenvalue weighted by atomic mass is 9.98. The van der Waals surface area contributed by atoms with Gasteiger partial charge in [-0.25, -0.2) is 8.60 Å². The summed E-state index contributed by atoms with van der Waals surface area (Å²) < 4.78 is 30.8. The fraction of sp³-hybridized carbons (Fsp3) is 0.333. The van der Waals surface area contributed by atoms with E-state index >= 15 is 0 Å². The topological polar surface area (TPSA) is 75.6 Å². The Morgan fingerprint density at radius 2 is 1.79 bits per heavy atom. The molecule has 5 rings (SSSR count). The van der Waals surface area contributed by atoms with E-state index in [1.807, 2.05) is 0 Å². The molecule has 7 heteroatoms. The summed E-state index contributed by atoms with van der Waals surface area (Å²) in [6.07, 6.45) is 6.00. The average molecular weight is 398 g/mol. The maximum Gasteiger partial charge on any atom is 0.289 e. The number of anilines is 1. The van der Waals surface area contributed by atoms with Crippen molar-refractivity contribution in [2.45, 2.75) is 43.4 Å². The molecule has 1 atom stereocenters. The van der Waals surface area contributed by atoms with Gasteiger partial charge in [0.1, 0.15) is 11.6 Å². The SMILES string of the molecule is O=C(CS1(=O)=NC(=O)c2c(F)cccc21)Nc1c2c(cc3c1CCC3)CCC2. The van der Waals surface area contributed by atoms with Crippen molar-refractivity contribution in [3.05, 3.63) is 57.9 Å². The third-order valence-corrected chi connectivity index (χ3v) is 7.97. The number of amides is 2. The van der Waals surface area contributed by atoms with Gasteiger partial charge in [0.05, 0.1) is 20.2 Å². The van der Waals surface area contributed by atoms with E-state index in [9.17, 15) is 18.2 Å². The first-order valence-corrected chi connectivity index (χ1v) is 11.2. The number of nitrogens with zero attached hydrogens (tertiary/aromatic N) is 1. The minimum atomic E-state index is -3.31. The van der Waals surface area contributed by atoms with Gasteiger partial charge in [0, 0.05) is 5.69 Å². The van der Waals surface area contributed by atoms with Gasteiger partial charge in [0.25, 0.3) is 5.91 Å². The van der Waals surface area contributed by atoms with Crippen molar-refractivity contribution in [1.82, 2.24) is 0 Å². The van der Waals surface area contributed by atoms with Crippen LogP contribution in [0.1, 0.15) is 45.5 Å². The quantitative estimate of drug-likeness (QED) is 0.861. The monoisotopic (exact) mass is 398 g/mol. The number of carbonyl (C=O) groups is 2. The summed E-state index contributed by atoms with van der Waals surface area (Å²) >= 11 is 0. The smallest absolute Gasteiger partial charge is 0.289 e. The van der Waals surface area contributed by atoms with Crippen molar-refractivity contribution in [1.29, 1.82) is 0 Å². The number of benzene rings is 2. The zero-order valence-electron chi connectivity index (χ0n) is 15.2. The van der Waals surface area contributed by atoms with Gasteiger partial charge in [-0.1, -0.05) is 12.1 Å². The predicted octanol–water partition coefficient (Wildman–Crippen LogP) is 3.42. The minimum Gasteiger partial charge on any atom is -0.325 e. The normalized spacial score (nSPS) is 21.8. The van der Waals surface area contributed by atoms with Crippen molar-refractivity contribution in [2.24, 2.45) is 4.36 Å². The molecule has 28 heavy (non-hydrogen) atoms. The van der Waals surface area contributed by atoms with E-state index in [1.165, 1.54) is 34.4 Å². The number of aryl methyl sites for hydroxylation is 2. The van der Waals surface area contributed by atoms with E-state index in [-0.39, 0.29) is 10.5 Å². The van der Waals surface area contributed by atoms with Gasteiger partial charge in [-0.3, -0.25) is 9.59 Å². The van der Waals surface area contributed by atoms with Crippen LogP contribution in [0, 0.1) is 5.82 Å². The van der Waals surface area contributed by atoms with Crippen molar-refractivity contribution in [3.63, 3.8) is 0 Å². The highest BCUT2D eigenvalue weighted by Gasteiger charge is 2.34. The second-order valence-electron chi connectivity index (χ2n) is 7.58. The summed E-state index contributed by atoms with van der Waals surface area (Å²) in [4.78, 5) is 24.9. The predicted molar refractivity (Wildman–Crippen MR) is 104 cm³/mol. The van der Waals surface area contributed by atoms with E-state index in [2.05, 4.69) is 15.7 Å². The first-order valence-electron chi connectivity index (χ1n) is 9.50. The van der Waals surface area contributed by atoms with Crippen LogP contribution in [0.2, 0.25) is 0 Å². The average Bonchev–Trinajstić information content (AvgIpc) is 3.34. The van der Waals surface area contributed by atoms with Crippen molar-refractivity contribution in [2.75, 3.05) is 11.1 Å². The summed E-state index contributed by atoms with van der Waals surface area (Å²) in [6, 6.07) is 6.20. The molecule has 1 heterocycles. The van der Waals surface area contributed by atoms with Crippen LogP contribution in [0.4, 0.5) is 10.1 Å². The molecule has 2 aromatic carbocycles. The Morgan fingerprint density at radius 3 is 2.46 bits per heavy atom. The molecule has 0 saturated carbocycles. The van der Waals surface area contributed by atoms with Gasteiger partial charge in [0.2, 0.25) is 5.91 Å². The molecule has 2 aliphatic carbocycles.